The lowest BCUT2D eigenvalue weighted by Gasteiger charge is -2.26. The number of nitrogens with zero attached hydrogens (tertiary/aromatic N) is 3. The first kappa shape index (κ1) is 10.6. The van der Waals surface area contributed by atoms with Crippen molar-refractivity contribution in [1.82, 2.24) is 9.78 Å². The zero-order valence-electron chi connectivity index (χ0n) is 9.91. The molecule has 1 aromatic heterocycles. The minimum absolute atomic E-state index is 0.155. The van der Waals surface area contributed by atoms with Gasteiger partial charge in [-0.1, -0.05) is 0 Å². The van der Waals surface area contributed by atoms with Crippen LogP contribution in [0.15, 0.2) is 12.3 Å². The zero-order chi connectivity index (χ0) is 12.0. The molecule has 2 aliphatic rings. The molecule has 0 aromatic carbocycles. The van der Waals surface area contributed by atoms with Crippen LogP contribution in [0, 0.1) is 11.8 Å². The molecule has 0 spiro atoms. The Balaban J connectivity index is 1.87. The van der Waals surface area contributed by atoms with E-state index in [9.17, 15) is 9.90 Å². The van der Waals surface area contributed by atoms with Gasteiger partial charge in [0.2, 0.25) is 0 Å². The number of carboxylic acid groups (broad SMARTS) is 1. The first-order chi connectivity index (χ1) is 8.16. The van der Waals surface area contributed by atoms with E-state index in [1.54, 1.807) is 4.68 Å². The Kier molecular flexibility index (Phi) is 2.34. The van der Waals surface area contributed by atoms with Crippen molar-refractivity contribution in [3.05, 3.63) is 12.3 Å². The Morgan fingerprint density at radius 3 is 2.76 bits per heavy atom. The van der Waals surface area contributed by atoms with Crippen molar-refractivity contribution in [2.45, 2.75) is 25.3 Å². The van der Waals surface area contributed by atoms with E-state index in [1.807, 2.05) is 19.3 Å². The predicted molar refractivity (Wildman–Crippen MR) is 62.8 cm³/mol. The molecule has 1 aliphatic heterocycles. The van der Waals surface area contributed by atoms with Crippen molar-refractivity contribution in [2.24, 2.45) is 18.9 Å². The van der Waals surface area contributed by atoms with Gasteiger partial charge in [-0.05, 0) is 25.2 Å². The second-order valence-electron chi connectivity index (χ2n) is 5.10. The molecule has 0 unspecified atom stereocenters. The molecule has 1 saturated carbocycles. The zero-order valence-corrected chi connectivity index (χ0v) is 9.91. The molecule has 2 atom stereocenters. The number of hydrogen-bond donors (Lipinski definition) is 1. The Labute approximate surface area is 100 Å². The number of aryl methyl sites for hydroxylation is 1. The van der Waals surface area contributed by atoms with Gasteiger partial charge in [0, 0.05) is 31.9 Å². The van der Waals surface area contributed by atoms with Crippen LogP contribution in [-0.2, 0) is 11.8 Å². The number of carbonyl (C=O) groups is 1. The fourth-order valence-electron chi connectivity index (χ4n) is 2.93. The van der Waals surface area contributed by atoms with Crippen LogP contribution in [0.2, 0.25) is 0 Å². The maximum Gasteiger partial charge on any atom is 0.308 e. The van der Waals surface area contributed by atoms with Crippen LogP contribution in [0.3, 0.4) is 0 Å². The highest BCUT2D eigenvalue weighted by Crippen LogP contribution is 2.44. The SMILES string of the molecule is Cn1ccc(N2CC[C@H](C(=O)O)[C@H]2C2CC2)n1. The normalized spacial score (nSPS) is 28.6. The van der Waals surface area contributed by atoms with Gasteiger partial charge in [0.1, 0.15) is 0 Å². The summed E-state index contributed by atoms with van der Waals surface area (Å²) in [5.74, 6) is 0.610. The maximum atomic E-state index is 11.3. The summed E-state index contributed by atoms with van der Waals surface area (Å²) in [5, 5.41) is 13.7. The number of anilines is 1. The van der Waals surface area contributed by atoms with Crippen LogP contribution in [0.4, 0.5) is 5.82 Å². The number of carboxylic acids is 1. The molecule has 1 N–H and O–H groups in total. The number of aromatic nitrogens is 2. The third-order valence-corrected chi connectivity index (χ3v) is 3.87. The lowest BCUT2D eigenvalue weighted by Crippen LogP contribution is -2.37. The smallest absolute Gasteiger partial charge is 0.308 e. The van der Waals surface area contributed by atoms with E-state index in [0.29, 0.717) is 5.92 Å². The molecule has 5 nitrogen and oxygen atoms in total. The molecule has 0 bridgehead atoms. The molecule has 0 radical (unpaired) electrons. The first-order valence-corrected chi connectivity index (χ1v) is 6.16. The van der Waals surface area contributed by atoms with Gasteiger partial charge >= 0.3 is 5.97 Å². The van der Waals surface area contributed by atoms with Crippen molar-refractivity contribution < 1.29 is 9.90 Å². The number of hydrogen-bond acceptors (Lipinski definition) is 3. The van der Waals surface area contributed by atoms with Crippen molar-refractivity contribution in [3.8, 4) is 0 Å². The van der Waals surface area contributed by atoms with Crippen molar-refractivity contribution in [1.29, 1.82) is 0 Å². The molecule has 0 amide bonds. The number of aliphatic carboxylic acids is 1. The van der Waals surface area contributed by atoms with Gasteiger partial charge in [-0.15, -0.1) is 0 Å². The fourth-order valence-corrected chi connectivity index (χ4v) is 2.93. The van der Waals surface area contributed by atoms with Gasteiger partial charge in [-0.25, -0.2) is 0 Å². The lowest BCUT2D eigenvalue weighted by atomic mass is 9.96. The largest absolute Gasteiger partial charge is 0.481 e. The van der Waals surface area contributed by atoms with Gasteiger partial charge in [0.15, 0.2) is 5.82 Å². The molecule has 1 aromatic rings. The van der Waals surface area contributed by atoms with E-state index < -0.39 is 5.97 Å². The molecule has 5 heteroatoms. The average molecular weight is 235 g/mol. The molecule has 2 heterocycles. The van der Waals surface area contributed by atoms with Crippen LogP contribution in [0.5, 0.6) is 0 Å². The summed E-state index contributed by atoms with van der Waals surface area (Å²) in [5.41, 5.74) is 0. The third kappa shape index (κ3) is 1.79. The third-order valence-electron chi connectivity index (χ3n) is 3.87. The van der Waals surface area contributed by atoms with E-state index in [-0.39, 0.29) is 12.0 Å². The Morgan fingerprint density at radius 2 is 2.24 bits per heavy atom. The first-order valence-electron chi connectivity index (χ1n) is 6.16. The van der Waals surface area contributed by atoms with Crippen LogP contribution in [0.1, 0.15) is 19.3 Å². The summed E-state index contributed by atoms with van der Waals surface area (Å²) in [4.78, 5) is 13.5. The summed E-state index contributed by atoms with van der Waals surface area (Å²) in [7, 11) is 1.89. The maximum absolute atomic E-state index is 11.3. The van der Waals surface area contributed by atoms with Gasteiger partial charge in [-0.2, -0.15) is 5.10 Å². The molecule has 2 fully saturated rings. The topological polar surface area (TPSA) is 58.4 Å². The molecular formula is C12H17N3O2. The van der Waals surface area contributed by atoms with Crippen molar-refractivity contribution >= 4 is 11.8 Å². The summed E-state index contributed by atoms with van der Waals surface area (Å²) in [6.45, 7) is 0.815. The van der Waals surface area contributed by atoms with Gasteiger partial charge in [-0.3, -0.25) is 9.48 Å². The lowest BCUT2D eigenvalue weighted by molar-refractivity contribution is -0.142. The van der Waals surface area contributed by atoms with Crippen LogP contribution < -0.4 is 4.90 Å². The van der Waals surface area contributed by atoms with Gasteiger partial charge < -0.3 is 10.0 Å². The van der Waals surface area contributed by atoms with E-state index in [4.69, 9.17) is 0 Å². The minimum atomic E-state index is -0.652. The Bertz CT molecular complexity index is 439. The highest BCUT2D eigenvalue weighted by Gasteiger charge is 2.47. The van der Waals surface area contributed by atoms with Crippen LogP contribution >= 0.6 is 0 Å². The van der Waals surface area contributed by atoms with E-state index in [1.165, 1.54) is 0 Å². The van der Waals surface area contributed by atoms with Gasteiger partial charge in [0.05, 0.1) is 5.92 Å². The summed E-state index contributed by atoms with van der Waals surface area (Å²) >= 11 is 0. The molecule has 1 aliphatic carbocycles. The van der Waals surface area contributed by atoms with Crippen LogP contribution in [0.25, 0.3) is 0 Å². The van der Waals surface area contributed by atoms with Crippen LogP contribution in [-0.4, -0.2) is 33.4 Å². The standard InChI is InChI=1S/C12H17N3O2/c1-14-6-5-10(13-14)15-7-4-9(12(16)17)11(15)8-2-3-8/h5-6,8-9,11H,2-4,7H2,1H3,(H,16,17)/t9-,11+/m0/s1. The Morgan fingerprint density at radius 1 is 1.47 bits per heavy atom. The summed E-state index contributed by atoms with van der Waals surface area (Å²) in [6, 6.07) is 2.13. The van der Waals surface area contributed by atoms with E-state index >= 15 is 0 Å². The molecular weight excluding hydrogens is 218 g/mol. The second kappa shape index (κ2) is 3.75. The Hall–Kier alpha value is -1.52. The fraction of sp³-hybridized carbons (Fsp3) is 0.667. The summed E-state index contributed by atoms with van der Waals surface area (Å²) in [6.07, 6.45) is 4.98. The monoisotopic (exact) mass is 235 g/mol. The average Bonchev–Trinajstić information content (AvgIpc) is 2.87. The van der Waals surface area contributed by atoms with Crippen molar-refractivity contribution in [2.75, 3.05) is 11.4 Å². The second-order valence-corrected chi connectivity index (χ2v) is 5.10. The molecule has 3 rings (SSSR count). The summed E-state index contributed by atoms with van der Waals surface area (Å²) < 4.78 is 1.77. The quantitative estimate of drug-likeness (QED) is 0.852. The van der Waals surface area contributed by atoms with Crippen molar-refractivity contribution in [3.63, 3.8) is 0 Å². The number of rotatable bonds is 3. The molecule has 17 heavy (non-hydrogen) atoms. The highest BCUT2D eigenvalue weighted by atomic mass is 16.4. The molecule has 92 valence electrons. The van der Waals surface area contributed by atoms with E-state index in [0.717, 1.165) is 31.6 Å². The predicted octanol–water partition coefficient (Wildman–Crippen LogP) is 1.11. The van der Waals surface area contributed by atoms with E-state index in [2.05, 4.69) is 10.00 Å². The highest BCUT2D eigenvalue weighted by molar-refractivity contribution is 5.73. The minimum Gasteiger partial charge on any atom is -0.481 e. The van der Waals surface area contributed by atoms with Gasteiger partial charge in [0.25, 0.3) is 0 Å². The molecule has 1 saturated heterocycles.